The number of aliphatic hydroxyl groups is 1. The number of carbonyl (C=O) groups is 1. The number of hydrogen-bond acceptors (Lipinski definition) is 7. The lowest BCUT2D eigenvalue weighted by Crippen LogP contribution is -2.48. The molecule has 0 aliphatic carbocycles. The summed E-state index contributed by atoms with van der Waals surface area (Å²) in [5.74, 6) is -2.55. The minimum atomic E-state index is -3.67. The Balaban J connectivity index is 1.71. The molecule has 2 aromatic carbocycles. The molecule has 2 atom stereocenters. The number of nitrogens with zero attached hydrogens (tertiary/aromatic N) is 1. The van der Waals surface area contributed by atoms with E-state index in [1.165, 1.54) is 12.5 Å². The molecule has 0 fully saturated rings. The standard InChI is InChI=1S/C25H30F2N4O5S/c1-3-16-6-5-7-17(8-16)13-28-14-23(32)21(11-18-9-19(26)12-20(27)10-18)29-24(33)22-15-36-25(30-22)31-37(34,35)4-2/h5-10,12,15,21,23,28,32H,3-4,11,13-14H2,1-2H3,(H,29,33)(H,30,31). The van der Waals surface area contributed by atoms with E-state index in [0.717, 1.165) is 36.4 Å². The van der Waals surface area contributed by atoms with E-state index in [9.17, 15) is 27.1 Å². The van der Waals surface area contributed by atoms with Crippen LogP contribution in [0.1, 0.15) is 41.0 Å². The molecule has 0 aliphatic heterocycles. The van der Waals surface area contributed by atoms with Crippen LogP contribution in [0.25, 0.3) is 0 Å². The van der Waals surface area contributed by atoms with Crippen LogP contribution in [-0.2, 0) is 29.4 Å². The van der Waals surface area contributed by atoms with E-state index in [2.05, 4.69) is 27.3 Å². The first kappa shape index (κ1) is 28.2. The van der Waals surface area contributed by atoms with Gasteiger partial charge in [0.05, 0.1) is 17.9 Å². The molecule has 3 aromatic rings. The Morgan fingerprint density at radius 1 is 1.08 bits per heavy atom. The van der Waals surface area contributed by atoms with Crippen molar-refractivity contribution in [3.05, 3.63) is 82.7 Å². The molecule has 37 heavy (non-hydrogen) atoms. The number of amides is 1. The lowest BCUT2D eigenvalue weighted by molar-refractivity contribution is 0.0825. The Labute approximate surface area is 214 Å². The summed E-state index contributed by atoms with van der Waals surface area (Å²) >= 11 is 0. The summed E-state index contributed by atoms with van der Waals surface area (Å²) in [6.07, 6.45) is 0.627. The first-order valence-electron chi connectivity index (χ1n) is 11.8. The van der Waals surface area contributed by atoms with Crippen molar-refractivity contribution in [2.75, 3.05) is 17.0 Å². The summed E-state index contributed by atoms with van der Waals surface area (Å²) in [6, 6.07) is 9.58. The fourth-order valence-electron chi connectivity index (χ4n) is 3.60. The quantitative estimate of drug-likeness (QED) is 0.264. The Morgan fingerprint density at radius 2 is 1.78 bits per heavy atom. The van der Waals surface area contributed by atoms with Gasteiger partial charge < -0.3 is 20.2 Å². The van der Waals surface area contributed by atoms with Crippen molar-refractivity contribution in [2.24, 2.45) is 0 Å². The van der Waals surface area contributed by atoms with Crippen LogP contribution in [0.5, 0.6) is 0 Å². The van der Waals surface area contributed by atoms with Crippen LogP contribution in [0.3, 0.4) is 0 Å². The van der Waals surface area contributed by atoms with Crippen LogP contribution in [0.2, 0.25) is 0 Å². The predicted octanol–water partition coefficient (Wildman–Crippen LogP) is 2.77. The van der Waals surface area contributed by atoms with E-state index in [0.29, 0.717) is 6.54 Å². The Bertz CT molecular complexity index is 1300. The lowest BCUT2D eigenvalue weighted by Gasteiger charge is -2.24. The fourth-order valence-corrected chi connectivity index (χ4v) is 4.11. The Morgan fingerprint density at radius 3 is 2.46 bits per heavy atom. The summed E-state index contributed by atoms with van der Waals surface area (Å²) < 4.78 is 58.0. The predicted molar refractivity (Wildman–Crippen MR) is 134 cm³/mol. The van der Waals surface area contributed by atoms with Gasteiger partial charge in [-0.1, -0.05) is 31.2 Å². The van der Waals surface area contributed by atoms with E-state index in [-0.39, 0.29) is 36.0 Å². The van der Waals surface area contributed by atoms with Gasteiger partial charge in [0.25, 0.3) is 5.91 Å². The van der Waals surface area contributed by atoms with E-state index < -0.39 is 39.7 Å². The van der Waals surface area contributed by atoms with Gasteiger partial charge in [-0.3, -0.25) is 4.79 Å². The molecule has 0 radical (unpaired) electrons. The van der Waals surface area contributed by atoms with Crippen LogP contribution in [0.15, 0.2) is 53.1 Å². The lowest BCUT2D eigenvalue weighted by atomic mass is 10.00. The SMILES string of the molecule is CCc1cccc(CNCC(O)C(Cc2cc(F)cc(F)c2)NC(=O)c2coc(NS(=O)(=O)CC)n2)c1. The third kappa shape index (κ3) is 8.62. The number of carbonyl (C=O) groups excluding carboxylic acids is 1. The minimum Gasteiger partial charge on any atom is -0.431 e. The topological polar surface area (TPSA) is 134 Å². The molecule has 0 aliphatic rings. The summed E-state index contributed by atoms with van der Waals surface area (Å²) in [7, 11) is -3.67. The van der Waals surface area contributed by atoms with Gasteiger partial charge in [-0.2, -0.15) is 4.98 Å². The molecular formula is C25H30F2N4O5S. The van der Waals surface area contributed by atoms with Crippen LogP contribution in [0.4, 0.5) is 14.8 Å². The number of hydrogen-bond donors (Lipinski definition) is 4. The van der Waals surface area contributed by atoms with Crippen molar-refractivity contribution in [3.63, 3.8) is 0 Å². The van der Waals surface area contributed by atoms with Crippen molar-refractivity contribution >= 4 is 21.9 Å². The molecule has 4 N–H and O–H groups in total. The van der Waals surface area contributed by atoms with E-state index in [4.69, 9.17) is 4.42 Å². The maximum atomic E-state index is 13.7. The van der Waals surface area contributed by atoms with Crippen molar-refractivity contribution in [2.45, 2.75) is 45.4 Å². The Kier molecular flexibility index (Phi) is 9.73. The molecule has 12 heteroatoms. The van der Waals surface area contributed by atoms with E-state index in [1.54, 1.807) is 0 Å². The van der Waals surface area contributed by atoms with Gasteiger partial charge in [0.2, 0.25) is 10.0 Å². The summed E-state index contributed by atoms with van der Waals surface area (Å²) in [4.78, 5) is 16.6. The summed E-state index contributed by atoms with van der Waals surface area (Å²) in [5, 5.41) is 16.6. The van der Waals surface area contributed by atoms with Crippen LogP contribution in [-0.4, -0.2) is 48.9 Å². The summed E-state index contributed by atoms with van der Waals surface area (Å²) in [5.41, 5.74) is 2.19. The first-order chi connectivity index (χ1) is 17.6. The number of nitrogens with one attached hydrogen (secondary N) is 3. The zero-order valence-electron chi connectivity index (χ0n) is 20.5. The largest absolute Gasteiger partial charge is 0.431 e. The second-order valence-electron chi connectivity index (χ2n) is 8.48. The number of aromatic nitrogens is 1. The number of rotatable bonds is 13. The highest BCUT2D eigenvalue weighted by molar-refractivity contribution is 7.92. The first-order valence-corrected chi connectivity index (χ1v) is 13.4. The monoisotopic (exact) mass is 536 g/mol. The van der Waals surface area contributed by atoms with Crippen molar-refractivity contribution in [1.82, 2.24) is 15.6 Å². The highest BCUT2D eigenvalue weighted by atomic mass is 32.2. The molecule has 200 valence electrons. The fraction of sp³-hybridized carbons (Fsp3) is 0.360. The molecule has 0 spiro atoms. The molecule has 3 rings (SSSR count). The third-order valence-corrected chi connectivity index (χ3v) is 6.85. The highest BCUT2D eigenvalue weighted by Gasteiger charge is 2.25. The highest BCUT2D eigenvalue weighted by Crippen LogP contribution is 2.14. The molecule has 0 bridgehead atoms. The average Bonchev–Trinajstić information content (AvgIpc) is 3.31. The number of aryl methyl sites for hydroxylation is 1. The van der Waals surface area contributed by atoms with Gasteiger partial charge in [-0.05, 0) is 48.6 Å². The molecule has 0 saturated heterocycles. The number of halogens is 2. The van der Waals surface area contributed by atoms with Gasteiger partial charge in [0.15, 0.2) is 5.69 Å². The molecular weight excluding hydrogens is 506 g/mol. The smallest absolute Gasteiger partial charge is 0.309 e. The maximum Gasteiger partial charge on any atom is 0.309 e. The second kappa shape index (κ2) is 12.7. The number of sulfonamides is 1. The van der Waals surface area contributed by atoms with Crippen molar-refractivity contribution in [1.29, 1.82) is 0 Å². The van der Waals surface area contributed by atoms with Gasteiger partial charge >= 0.3 is 6.01 Å². The molecule has 9 nitrogen and oxygen atoms in total. The number of oxazole rings is 1. The number of anilines is 1. The van der Waals surface area contributed by atoms with Crippen LogP contribution < -0.4 is 15.4 Å². The molecule has 0 saturated carbocycles. The summed E-state index contributed by atoms with van der Waals surface area (Å²) in [6.45, 7) is 4.01. The second-order valence-corrected chi connectivity index (χ2v) is 10.5. The number of benzene rings is 2. The number of aliphatic hydroxyl groups excluding tert-OH is 1. The molecule has 1 heterocycles. The maximum absolute atomic E-state index is 13.7. The van der Waals surface area contributed by atoms with Crippen LogP contribution >= 0.6 is 0 Å². The van der Waals surface area contributed by atoms with Crippen molar-refractivity contribution in [3.8, 4) is 0 Å². The van der Waals surface area contributed by atoms with Crippen LogP contribution in [0, 0.1) is 11.6 Å². The zero-order chi connectivity index (χ0) is 27.0. The molecule has 2 unspecified atom stereocenters. The van der Waals surface area contributed by atoms with Gasteiger partial charge in [-0.25, -0.2) is 21.9 Å². The van der Waals surface area contributed by atoms with Crippen molar-refractivity contribution < 1.29 is 31.5 Å². The van der Waals surface area contributed by atoms with E-state index in [1.807, 2.05) is 24.3 Å². The van der Waals surface area contributed by atoms with Gasteiger partial charge in [0.1, 0.15) is 17.9 Å². The third-order valence-electron chi connectivity index (χ3n) is 5.60. The van der Waals surface area contributed by atoms with Gasteiger partial charge in [-0.15, -0.1) is 0 Å². The molecule has 1 aromatic heterocycles. The van der Waals surface area contributed by atoms with E-state index >= 15 is 0 Å². The molecule has 1 amide bonds. The minimum absolute atomic E-state index is 0.0689. The Hall–Kier alpha value is -3.35. The average molecular weight is 537 g/mol. The zero-order valence-corrected chi connectivity index (χ0v) is 21.3. The normalized spacial score (nSPS) is 13.2. The van der Waals surface area contributed by atoms with Gasteiger partial charge in [0, 0.05) is 19.2 Å².